The number of carbonyl (C=O) groups excluding carboxylic acids is 1. The van der Waals surface area contributed by atoms with Crippen LogP contribution in [0.3, 0.4) is 0 Å². The fourth-order valence-corrected chi connectivity index (χ4v) is 3.42. The fraction of sp³-hybridized carbons (Fsp3) is 0.500. The summed E-state index contributed by atoms with van der Waals surface area (Å²) in [6, 6.07) is 0. The molecule has 1 saturated carbocycles. The zero-order valence-corrected chi connectivity index (χ0v) is 10.4. The molecule has 4 nitrogen and oxygen atoms in total. The normalized spacial score (nSPS) is 33.1. The average molecular weight is 248 g/mol. The summed E-state index contributed by atoms with van der Waals surface area (Å²) in [5.74, 6) is -0.417. The third-order valence-electron chi connectivity index (χ3n) is 4.78. The van der Waals surface area contributed by atoms with Crippen LogP contribution in [0.25, 0.3) is 0 Å². The third kappa shape index (κ3) is 1.06. The molecule has 0 aromatic heterocycles. The molecule has 4 heteroatoms. The standard InChI is InChI=1S/C14H16O4/c1-7-11-8(5-10(16)9(11)6-15)12(17)13(2,18)14(7)3-4-14/h5,15-16,18H,3-4,6H2,1-2H3/t13-/m0/s1. The number of allylic oxidation sites excluding steroid dienone is 1. The summed E-state index contributed by atoms with van der Waals surface area (Å²) in [6.45, 7) is 3.13. The SMILES string of the molecule is CC1=C2C(=CC(O)=C2CO)C(=O)[C@](C)(O)C12CC2. The number of fused-ring (bicyclic) bond motifs is 1. The Kier molecular flexibility index (Phi) is 2.03. The van der Waals surface area contributed by atoms with Crippen molar-refractivity contribution >= 4 is 5.78 Å². The Labute approximate surface area is 105 Å². The van der Waals surface area contributed by atoms with Crippen molar-refractivity contribution in [2.24, 2.45) is 5.41 Å². The molecule has 3 aliphatic carbocycles. The predicted octanol–water partition coefficient (Wildman–Crippen LogP) is 1.16. The molecular formula is C14H16O4. The summed E-state index contributed by atoms with van der Waals surface area (Å²) < 4.78 is 0. The van der Waals surface area contributed by atoms with Crippen molar-refractivity contribution in [3.8, 4) is 0 Å². The number of ketones is 1. The van der Waals surface area contributed by atoms with E-state index in [9.17, 15) is 20.1 Å². The second-order valence-corrected chi connectivity index (χ2v) is 5.56. The molecule has 3 aliphatic rings. The molecule has 0 amide bonds. The fourth-order valence-electron chi connectivity index (χ4n) is 3.42. The minimum Gasteiger partial charge on any atom is -0.508 e. The van der Waals surface area contributed by atoms with Crippen LogP contribution in [0.2, 0.25) is 0 Å². The van der Waals surface area contributed by atoms with Crippen molar-refractivity contribution < 1.29 is 20.1 Å². The Balaban J connectivity index is 2.28. The molecule has 0 bridgehead atoms. The van der Waals surface area contributed by atoms with Crippen LogP contribution >= 0.6 is 0 Å². The van der Waals surface area contributed by atoms with Gasteiger partial charge in [-0.2, -0.15) is 0 Å². The van der Waals surface area contributed by atoms with Crippen LogP contribution < -0.4 is 0 Å². The maximum absolute atomic E-state index is 12.4. The van der Waals surface area contributed by atoms with Crippen LogP contribution in [0, 0.1) is 5.41 Å². The topological polar surface area (TPSA) is 77.8 Å². The van der Waals surface area contributed by atoms with E-state index in [0.717, 1.165) is 18.4 Å². The molecule has 0 aromatic rings. The van der Waals surface area contributed by atoms with E-state index >= 15 is 0 Å². The van der Waals surface area contributed by atoms with Gasteiger partial charge in [0.05, 0.1) is 6.61 Å². The Morgan fingerprint density at radius 3 is 2.50 bits per heavy atom. The number of hydrogen-bond acceptors (Lipinski definition) is 4. The lowest BCUT2D eigenvalue weighted by Crippen LogP contribution is -2.49. The lowest BCUT2D eigenvalue weighted by molar-refractivity contribution is -0.137. The highest BCUT2D eigenvalue weighted by Gasteiger charge is 2.65. The molecule has 0 radical (unpaired) electrons. The second kappa shape index (κ2) is 3.13. The van der Waals surface area contributed by atoms with Gasteiger partial charge < -0.3 is 15.3 Å². The van der Waals surface area contributed by atoms with Crippen molar-refractivity contribution in [1.29, 1.82) is 0 Å². The first-order chi connectivity index (χ1) is 8.37. The minimum absolute atomic E-state index is 0.0660. The van der Waals surface area contributed by atoms with E-state index < -0.39 is 11.0 Å². The summed E-state index contributed by atoms with van der Waals surface area (Å²) in [4.78, 5) is 12.4. The van der Waals surface area contributed by atoms with E-state index in [1.165, 1.54) is 6.08 Å². The molecule has 3 N–H and O–H groups in total. The number of hydrogen-bond donors (Lipinski definition) is 3. The Bertz CT molecular complexity index is 556. The molecule has 18 heavy (non-hydrogen) atoms. The van der Waals surface area contributed by atoms with Crippen LogP contribution in [-0.4, -0.2) is 33.3 Å². The number of aliphatic hydroxyl groups excluding tert-OH is 2. The number of rotatable bonds is 1. The van der Waals surface area contributed by atoms with Gasteiger partial charge in [0.15, 0.2) is 5.78 Å². The van der Waals surface area contributed by atoms with Gasteiger partial charge in [-0.1, -0.05) is 5.57 Å². The summed E-state index contributed by atoms with van der Waals surface area (Å²) in [5.41, 5.74) is 0.379. The van der Waals surface area contributed by atoms with Gasteiger partial charge in [0, 0.05) is 16.6 Å². The van der Waals surface area contributed by atoms with Gasteiger partial charge in [-0.05, 0) is 38.3 Å². The van der Waals surface area contributed by atoms with Gasteiger partial charge in [-0.3, -0.25) is 4.79 Å². The second-order valence-electron chi connectivity index (χ2n) is 5.56. The summed E-state index contributed by atoms with van der Waals surface area (Å²) in [7, 11) is 0. The molecule has 1 fully saturated rings. The van der Waals surface area contributed by atoms with Gasteiger partial charge in [0.1, 0.15) is 11.4 Å². The molecule has 1 atom stereocenters. The van der Waals surface area contributed by atoms with E-state index in [2.05, 4.69) is 0 Å². The van der Waals surface area contributed by atoms with Gasteiger partial charge in [-0.25, -0.2) is 0 Å². The highest BCUT2D eigenvalue weighted by Crippen LogP contribution is 2.64. The lowest BCUT2D eigenvalue weighted by atomic mass is 9.67. The van der Waals surface area contributed by atoms with Gasteiger partial charge in [0.2, 0.25) is 0 Å². The first kappa shape index (κ1) is 11.7. The van der Waals surface area contributed by atoms with E-state index in [4.69, 9.17) is 0 Å². The molecule has 0 aliphatic heterocycles. The van der Waals surface area contributed by atoms with Crippen LogP contribution in [0.1, 0.15) is 26.7 Å². The molecular weight excluding hydrogens is 232 g/mol. The summed E-state index contributed by atoms with van der Waals surface area (Å²) >= 11 is 0. The molecule has 0 aromatic carbocycles. The maximum atomic E-state index is 12.4. The van der Waals surface area contributed by atoms with E-state index in [1.54, 1.807) is 6.92 Å². The van der Waals surface area contributed by atoms with Crippen LogP contribution in [0.15, 0.2) is 34.1 Å². The highest BCUT2D eigenvalue weighted by atomic mass is 16.3. The minimum atomic E-state index is -1.41. The molecule has 0 saturated heterocycles. The van der Waals surface area contributed by atoms with E-state index in [-0.39, 0.29) is 18.1 Å². The quantitative estimate of drug-likeness (QED) is 0.650. The van der Waals surface area contributed by atoms with E-state index in [0.29, 0.717) is 16.7 Å². The van der Waals surface area contributed by atoms with Crippen LogP contribution in [-0.2, 0) is 4.79 Å². The smallest absolute Gasteiger partial charge is 0.195 e. The number of Topliss-reactive ketones (excluding diaryl/α,β-unsaturated/α-hetero) is 1. The van der Waals surface area contributed by atoms with Crippen molar-refractivity contribution in [2.45, 2.75) is 32.3 Å². The zero-order valence-electron chi connectivity index (χ0n) is 10.4. The maximum Gasteiger partial charge on any atom is 0.195 e. The largest absolute Gasteiger partial charge is 0.508 e. The Morgan fingerprint density at radius 2 is 2.00 bits per heavy atom. The molecule has 96 valence electrons. The van der Waals surface area contributed by atoms with Crippen molar-refractivity contribution in [3.05, 3.63) is 34.1 Å². The first-order valence-electron chi connectivity index (χ1n) is 6.11. The number of aliphatic hydroxyl groups is 3. The monoisotopic (exact) mass is 248 g/mol. The predicted molar refractivity (Wildman–Crippen MR) is 64.8 cm³/mol. The Hall–Kier alpha value is -1.39. The summed E-state index contributed by atoms with van der Waals surface area (Å²) in [5, 5.41) is 29.6. The average Bonchev–Trinajstić information content (AvgIpc) is 3.06. The van der Waals surface area contributed by atoms with Crippen LogP contribution in [0.5, 0.6) is 0 Å². The highest BCUT2D eigenvalue weighted by molar-refractivity contribution is 6.10. The van der Waals surface area contributed by atoms with Gasteiger partial charge >= 0.3 is 0 Å². The lowest BCUT2D eigenvalue weighted by Gasteiger charge is -2.39. The van der Waals surface area contributed by atoms with Crippen molar-refractivity contribution in [2.75, 3.05) is 6.61 Å². The first-order valence-corrected chi connectivity index (χ1v) is 6.11. The van der Waals surface area contributed by atoms with Crippen molar-refractivity contribution in [1.82, 2.24) is 0 Å². The van der Waals surface area contributed by atoms with Crippen molar-refractivity contribution in [3.63, 3.8) is 0 Å². The number of carbonyl (C=O) groups is 1. The summed E-state index contributed by atoms with van der Waals surface area (Å²) in [6.07, 6.45) is 2.90. The third-order valence-corrected chi connectivity index (χ3v) is 4.78. The molecule has 0 heterocycles. The van der Waals surface area contributed by atoms with Gasteiger partial charge in [0.25, 0.3) is 0 Å². The molecule has 1 spiro atoms. The van der Waals surface area contributed by atoms with E-state index in [1.807, 2.05) is 6.92 Å². The molecule has 0 unspecified atom stereocenters. The van der Waals surface area contributed by atoms with Crippen LogP contribution in [0.4, 0.5) is 0 Å². The molecule has 3 rings (SSSR count). The van der Waals surface area contributed by atoms with Gasteiger partial charge in [-0.15, -0.1) is 0 Å². The zero-order chi connectivity index (χ0) is 13.3. The Morgan fingerprint density at radius 1 is 1.39 bits per heavy atom.